The average Bonchev–Trinajstić information content (AvgIpc) is 2.83. The van der Waals surface area contributed by atoms with E-state index in [2.05, 4.69) is 15.4 Å². The highest BCUT2D eigenvalue weighted by Gasteiger charge is 2.48. The zero-order chi connectivity index (χ0) is 14.3. The van der Waals surface area contributed by atoms with Crippen molar-refractivity contribution in [3.8, 4) is 0 Å². The molecule has 0 amide bonds. The van der Waals surface area contributed by atoms with Crippen LogP contribution in [0, 0.1) is 5.92 Å². The summed E-state index contributed by atoms with van der Waals surface area (Å²) in [6, 6.07) is 9.19. The molecule has 2 heterocycles. The number of ketones is 1. The van der Waals surface area contributed by atoms with Gasteiger partial charge in [0.05, 0.1) is 12.0 Å². The van der Waals surface area contributed by atoms with Crippen molar-refractivity contribution in [3.63, 3.8) is 0 Å². The van der Waals surface area contributed by atoms with E-state index in [-0.39, 0.29) is 11.8 Å². The first kappa shape index (κ1) is 12.8. The summed E-state index contributed by atoms with van der Waals surface area (Å²) < 4.78 is 1.65. The topological polar surface area (TPSA) is 80.0 Å². The maximum atomic E-state index is 12.1. The van der Waals surface area contributed by atoms with Crippen molar-refractivity contribution >= 4 is 11.7 Å². The number of aromatic nitrogens is 3. The van der Waals surface area contributed by atoms with Crippen molar-refractivity contribution in [2.45, 2.75) is 25.6 Å². The van der Waals surface area contributed by atoms with Crippen LogP contribution < -0.4 is 5.32 Å². The Labute approximate surface area is 116 Å². The number of benzene rings is 1. The molecule has 0 radical (unpaired) electrons. The minimum absolute atomic E-state index is 0.0995. The van der Waals surface area contributed by atoms with E-state index in [1.165, 1.54) is 13.3 Å². The molecular weight excluding hydrogens is 256 g/mol. The highest BCUT2D eigenvalue weighted by atomic mass is 16.3. The molecule has 20 heavy (non-hydrogen) atoms. The molecule has 104 valence electrons. The summed E-state index contributed by atoms with van der Waals surface area (Å²) in [5.41, 5.74) is -0.448. The van der Waals surface area contributed by atoms with Crippen LogP contribution in [-0.2, 0) is 4.79 Å². The zero-order valence-electron chi connectivity index (χ0n) is 11.3. The van der Waals surface area contributed by atoms with Gasteiger partial charge in [0, 0.05) is 0 Å². The van der Waals surface area contributed by atoms with E-state index in [1.807, 2.05) is 30.3 Å². The van der Waals surface area contributed by atoms with E-state index < -0.39 is 11.6 Å². The van der Waals surface area contributed by atoms with E-state index in [0.29, 0.717) is 5.95 Å². The first-order valence-electron chi connectivity index (χ1n) is 6.46. The van der Waals surface area contributed by atoms with E-state index in [9.17, 15) is 9.90 Å². The van der Waals surface area contributed by atoms with Gasteiger partial charge in [0.2, 0.25) is 5.95 Å². The molecule has 3 rings (SSSR count). The van der Waals surface area contributed by atoms with Crippen LogP contribution in [0.5, 0.6) is 0 Å². The van der Waals surface area contributed by atoms with E-state index in [4.69, 9.17) is 0 Å². The smallest absolute Gasteiger partial charge is 0.223 e. The quantitative estimate of drug-likeness (QED) is 0.859. The number of aliphatic hydroxyl groups is 1. The van der Waals surface area contributed by atoms with Gasteiger partial charge in [0.1, 0.15) is 17.8 Å². The molecule has 1 aromatic carbocycles. The number of anilines is 1. The summed E-state index contributed by atoms with van der Waals surface area (Å²) in [6.45, 7) is 3.08. The fourth-order valence-electron chi connectivity index (χ4n) is 2.90. The van der Waals surface area contributed by atoms with Crippen molar-refractivity contribution in [2.24, 2.45) is 5.92 Å². The normalized spacial score (nSPS) is 28.6. The second kappa shape index (κ2) is 4.42. The number of carbonyl (C=O) groups excluding carboxylic acids is 1. The Kier molecular flexibility index (Phi) is 2.83. The number of hydrogen-bond donors (Lipinski definition) is 2. The molecule has 0 saturated carbocycles. The number of fused-ring (bicyclic) bond motifs is 1. The monoisotopic (exact) mass is 272 g/mol. The Bertz CT molecular complexity index is 636. The van der Waals surface area contributed by atoms with Crippen molar-refractivity contribution in [2.75, 3.05) is 5.32 Å². The molecule has 0 spiro atoms. The summed E-state index contributed by atoms with van der Waals surface area (Å²) in [7, 11) is 0. The molecule has 1 aromatic heterocycles. The Morgan fingerprint density at radius 1 is 1.40 bits per heavy atom. The zero-order valence-corrected chi connectivity index (χ0v) is 11.3. The van der Waals surface area contributed by atoms with Gasteiger partial charge in [-0.3, -0.25) is 4.79 Å². The molecule has 0 unspecified atom stereocenters. The van der Waals surface area contributed by atoms with Gasteiger partial charge in [-0.25, -0.2) is 4.68 Å². The van der Waals surface area contributed by atoms with Gasteiger partial charge in [0.15, 0.2) is 0 Å². The molecule has 3 atom stereocenters. The predicted molar refractivity (Wildman–Crippen MR) is 73.0 cm³/mol. The molecule has 2 aromatic rings. The maximum Gasteiger partial charge on any atom is 0.223 e. The van der Waals surface area contributed by atoms with Crippen molar-refractivity contribution < 1.29 is 9.90 Å². The average molecular weight is 272 g/mol. The van der Waals surface area contributed by atoms with E-state index in [1.54, 1.807) is 11.6 Å². The third-order valence-electron chi connectivity index (χ3n) is 3.70. The number of hydrogen-bond acceptors (Lipinski definition) is 5. The van der Waals surface area contributed by atoms with Crippen molar-refractivity contribution in [3.05, 3.63) is 42.2 Å². The summed E-state index contributed by atoms with van der Waals surface area (Å²) in [5, 5.41) is 17.7. The first-order valence-corrected chi connectivity index (χ1v) is 6.46. The predicted octanol–water partition coefficient (Wildman–Crippen LogP) is 1.21. The molecule has 0 fully saturated rings. The van der Waals surface area contributed by atoms with Gasteiger partial charge in [-0.1, -0.05) is 30.3 Å². The molecule has 1 aliphatic rings. The van der Waals surface area contributed by atoms with Crippen LogP contribution in [0.25, 0.3) is 0 Å². The highest BCUT2D eigenvalue weighted by Crippen LogP contribution is 2.40. The van der Waals surface area contributed by atoms with Crippen LogP contribution in [0.2, 0.25) is 0 Å². The van der Waals surface area contributed by atoms with Gasteiger partial charge in [-0.2, -0.15) is 10.1 Å². The standard InChI is InChI=1S/C14H16N4O2/c1-9(19)11-12(10-6-4-3-5-7-10)18-13(15-8-16-18)17-14(11,2)20/h3-8,11-12,20H,1-2H3,(H,15,16,17)/t11-,12-,14+/m0/s1. The molecule has 0 saturated heterocycles. The van der Waals surface area contributed by atoms with Crippen LogP contribution in [0.1, 0.15) is 25.5 Å². The lowest BCUT2D eigenvalue weighted by atomic mass is 9.81. The number of Topliss-reactive ketones (excluding diaryl/α,β-unsaturated/α-hetero) is 1. The third-order valence-corrected chi connectivity index (χ3v) is 3.70. The summed E-state index contributed by atoms with van der Waals surface area (Å²) in [5.74, 6) is -0.280. The molecule has 6 heteroatoms. The second-order valence-electron chi connectivity index (χ2n) is 5.24. The van der Waals surface area contributed by atoms with E-state index in [0.717, 1.165) is 5.56 Å². The first-order chi connectivity index (χ1) is 9.50. The van der Waals surface area contributed by atoms with Gasteiger partial charge in [-0.05, 0) is 19.4 Å². The Hall–Kier alpha value is -2.21. The number of rotatable bonds is 2. The lowest BCUT2D eigenvalue weighted by Crippen LogP contribution is -2.54. The molecule has 0 aliphatic carbocycles. The molecule has 6 nitrogen and oxygen atoms in total. The molecule has 0 bridgehead atoms. The Balaban J connectivity index is 2.19. The van der Waals surface area contributed by atoms with Crippen molar-refractivity contribution in [1.29, 1.82) is 0 Å². The van der Waals surface area contributed by atoms with Gasteiger partial charge >= 0.3 is 0 Å². The summed E-state index contributed by atoms with van der Waals surface area (Å²) in [6.07, 6.45) is 1.41. The molecule has 2 N–H and O–H groups in total. The lowest BCUT2D eigenvalue weighted by molar-refractivity contribution is -0.130. The van der Waals surface area contributed by atoms with E-state index >= 15 is 0 Å². The number of carbonyl (C=O) groups is 1. The Morgan fingerprint density at radius 2 is 2.10 bits per heavy atom. The fourth-order valence-corrected chi connectivity index (χ4v) is 2.90. The molecule has 1 aliphatic heterocycles. The van der Waals surface area contributed by atoms with Crippen LogP contribution in [0.15, 0.2) is 36.7 Å². The third kappa shape index (κ3) is 1.89. The summed E-state index contributed by atoms with van der Waals surface area (Å²) >= 11 is 0. The number of nitrogens with one attached hydrogen (secondary N) is 1. The van der Waals surface area contributed by atoms with Crippen LogP contribution in [-0.4, -0.2) is 31.4 Å². The summed E-state index contributed by atoms with van der Waals surface area (Å²) in [4.78, 5) is 16.2. The van der Waals surface area contributed by atoms with Gasteiger partial charge in [-0.15, -0.1) is 0 Å². The van der Waals surface area contributed by atoms with Crippen LogP contribution >= 0.6 is 0 Å². The maximum absolute atomic E-state index is 12.1. The minimum Gasteiger partial charge on any atom is -0.370 e. The number of nitrogens with zero attached hydrogens (tertiary/aromatic N) is 3. The fraction of sp³-hybridized carbons (Fsp3) is 0.357. The molecular formula is C14H16N4O2. The Morgan fingerprint density at radius 3 is 2.75 bits per heavy atom. The van der Waals surface area contributed by atoms with Crippen LogP contribution in [0.3, 0.4) is 0 Å². The van der Waals surface area contributed by atoms with Crippen molar-refractivity contribution in [1.82, 2.24) is 14.8 Å². The van der Waals surface area contributed by atoms with Gasteiger partial charge in [0.25, 0.3) is 0 Å². The largest absolute Gasteiger partial charge is 0.370 e. The SMILES string of the molecule is CC(=O)[C@H]1[C@H](c2ccccc2)n2ncnc2N[C@]1(C)O. The second-order valence-corrected chi connectivity index (χ2v) is 5.24. The highest BCUT2D eigenvalue weighted by molar-refractivity contribution is 5.81. The van der Waals surface area contributed by atoms with Gasteiger partial charge < -0.3 is 10.4 Å². The minimum atomic E-state index is -1.37. The lowest BCUT2D eigenvalue weighted by Gasteiger charge is -2.42. The van der Waals surface area contributed by atoms with Crippen LogP contribution in [0.4, 0.5) is 5.95 Å².